The maximum atomic E-state index is 13.7. The first kappa shape index (κ1) is 21.3. The van der Waals surface area contributed by atoms with Crippen LogP contribution < -0.4 is 10.2 Å². The Morgan fingerprint density at radius 1 is 0.909 bits per heavy atom. The van der Waals surface area contributed by atoms with Gasteiger partial charge in [-0.15, -0.1) is 0 Å². The van der Waals surface area contributed by atoms with Crippen LogP contribution in [-0.4, -0.2) is 14.7 Å². The highest BCUT2D eigenvalue weighted by Crippen LogP contribution is 2.43. The molecule has 0 aliphatic carbocycles. The number of anilines is 1. The summed E-state index contributed by atoms with van der Waals surface area (Å²) in [6.07, 6.45) is 1.80. The third-order valence-electron chi connectivity index (χ3n) is 6.28. The van der Waals surface area contributed by atoms with Gasteiger partial charge in [0.2, 0.25) is 0 Å². The summed E-state index contributed by atoms with van der Waals surface area (Å²) in [6.45, 7) is 6.35. The van der Waals surface area contributed by atoms with Gasteiger partial charge in [-0.1, -0.05) is 23.8 Å². The van der Waals surface area contributed by atoms with Gasteiger partial charge in [0, 0.05) is 29.0 Å². The van der Waals surface area contributed by atoms with E-state index in [4.69, 9.17) is 12.2 Å². The molecule has 0 saturated carbocycles. The van der Waals surface area contributed by atoms with Crippen molar-refractivity contribution in [1.29, 1.82) is 0 Å². The molecule has 1 fully saturated rings. The molecule has 2 atom stereocenters. The summed E-state index contributed by atoms with van der Waals surface area (Å²) >= 11 is 5.79. The molecule has 166 valence electrons. The van der Waals surface area contributed by atoms with E-state index < -0.39 is 0 Å². The van der Waals surface area contributed by atoms with Gasteiger partial charge in [-0.2, -0.15) is 0 Å². The molecule has 1 aliphatic heterocycles. The molecule has 1 aliphatic rings. The summed E-state index contributed by atoms with van der Waals surface area (Å²) in [5.41, 5.74) is 7.54. The first-order chi connectivity index (χ1) is 15.9. The van der Waals surface area contributed by atoms with Crippen LogP contribution in [0, 0.1) is 26.6 Å². The molecule has 4 nitrogen and oxygen atoms in total. The van der Waals surface area contributed by atoms with Gasteiger partial charge in [0.15, 0.2) is 5.11 Å². The van der Waals surface area contributed by atoms with E-state index in [1.54, 1.807) is 18.3 Å². The smallest absolute Gasteiger partial charge is 0.174 e. The first-order valence-electron chi connectivity index (χ1n) is 11.0. The third-order valence-corrected chi connectivity index (χ3v) is 6.60. The lowest BCUT2D eigenvalue weighted by molar-refractivity contribution is 0.565. The van der Waals surface area contributed by atoms with E-state index in [2.05, 4.69) is 70.9 Å². The minimum Gasteiger partial charge on any atom is -0.351 e. The molecule has 0 bridgehead atoms. The number of rotatable bonds is 4. The Morgan fingerprint density at radius 3 is 2.27 bits per heavy atom. The second-order valence-electron chi connectivity index (χ2n) is 8.47. The molecule has 6 heteroatoms. The number of pyridine rings is 1. The topological polar surface area (TPSA) is 33.1 Å². The molecule has 0 radical (unpaired) electrons. The number of nitrogens with zero attached hydrogens (tertiary/aromatic N) is 3. The lowest BCUT2D eigenvalue weighted by atomic mass is 9.96. The number of halogens is 1. The Bertz CT molecular complexity index is 1300. The number of nitrogens with one attached hydrogen (secondary N) is 1. The third kappa shape index (κ3) is 3.80. The van der Waals surface area contributed by atoms with Gasteiger partial charge in [-0.3, -0.25) is 4.98 Å². The van der Waals surface area contributed by atoms with E-state index in [0.29, 0.717) is 5.11 Å². The normalized spacial score (nSPS) is 17.9. The quantitative estimate of drug-likeness (QED) is 0.376. The van der Waals surface area contributed by atoms with Crippen molar-refractivity contribution in [3.8, 4) is 5.69 Å². The van der Waals surface area contributed by atoms with Crippen LogP contribution in [0.1, 0.15) is 40.3 Å². The predicted molar refractivity (Wildman–Crippen MR) is 134 cm³/mol. The predicted octanol–water partition coefficient (Wildman–Crippen LogP) is 6.11. The molecule has 1 saturated heterocycles. The lowest BCUT2D eigenvalue weighted by Crippen LogP contribution is -2.29. The van der Waals surface area contributed by atoms with E-state index >= 15 is 0 Å². The number of thiocarbonyl (C=S) groups is 1. The van der Waals surface area contributed by atoms with Gasteiger partial charge in [0.1, 0.15) is 5.82 Å². The lowest BCUT2D eigenvalue weighted by Gasteiger charge is -2.28. The second-order valence-corrected chi connectivity index (χ2v) is 8.86. The van der Waals surface area contributed by atoms with Crippen LogP contribution in [0.3, 0.4) is 0 Å². The summed E-state index contributed by atoms with van der Waals surface area (Å²) in [4.78, 5) is 6.70. The van der Waals surface area contributed by atoms with Gasteiger partial charge in [0.05, 0.1) is 17.8 Å². The molecule has 2 unspecified atom stereocenters. The molecule has 0 amide bonds. The van der Waals surface area contributed by atoms with Crippen molar-refractivity contribution in [2.45, 2.75) is 32.9 Å². The Morgan fingerprint density at radius 2 is 1.61 bits per heavy atom. The zero-order chi connectivity index (χ0) is 23.1. The highest BCUT2D eigenvalue weighted by molar-refractivity contribution is 7.80. The Hall–Kier alpha value is -3.51. The molecular weight excluding hydrogens is 431 g/mol. The molecule has 2 aromatic carbocycles. The zero-order valence-corrected chi connectivity index (χ0v) is 19.6. The highest BCUT2D eigenvalue weighted by Gasteiger charge is 2.42. The van der Waals surface area contributed by atoms with Crippen LogP contribution in [-0.2, 0) is 0 Å². The van der Waals surface area contributed by atoms with Gasteiger partial charge in [-0.25, -0.2) is 4.39 Å². The van der Waals surface area contributed by atoms with Crippen molar-refractivity contribution in [1.82, 2.24) is 14.9 Å². The SMILES string of the molecule is Cc1ccc(-n2c(C)cc(C3C(c4ccccn4)NC(=S)N3c3ccc(F)cc3)c2C)cc1. The fraction of sp³-hybridized carbons (Fsp3) is 0.185. The molecular formula is C27H25FN4S. The maximum absolute atomic E-state index is 13.7. The van der Waals surface area contributed by atoms with Crippen molar-refractivity contribution in [2.75, 3.05) is 4.90 Å². The number of hydrogen-bond donors (Lipinski definition) is 1. The van der Waals surface area contributed by atoms with Crippen molar-refractivity contribution in [3.05, 3.63) is 113 Å². The standard InChI is InChI=1S/C27H25FN4S/c1-17-7-11-21(12-8-17)31-18(2)16-23(19(31)3)26-25(24-6-4-5-15-29-24)30-27(33)32(26)22-13-9-20(28)10-14-22/h4-16,25-26H,1-3H3,(H,30,33). The van der Waals surface area contributed by atoms with Crippen molar-refractivity contribution < 1.29 is 4.39 Å². The number of benzene rings is 2. The van der Waals surface area contributed by atoms with Crippen LogP contribution in [0.15, 0.2) is 79.0 Å². The van der Waals surface area contributed by atoms with Crippen LogP contribution in [0.25, 0.3) is 5.69 Å². The number of aryl methyl sites for hydroxylation is 2. The van der Waals surface area contributed by atoms with E-state index in [9.17, 15) is 4.39 Å². The van der Waals surface area contributed by atoms with Crippen LogP contribution >= 0.6 is 12.2 Å². The van der Waals surface area contributed by atoms with Gasteiger partial charge < -0.3 is 14.8 Å². The first-order valence-corrected chi connectivity index (χ1v) is 11.4. The zero-order valence-electron chi connectivity index (χ0n) is 18.8. The summed E-state index contributed by atoms with van der Waals surface area (Å²) in [7, 11) is 0. The largest absolute Gasteiger partial charge is 0.351 e. The molecule has 4 aromatic rings. The molecule has 33 heavy (non-hydrogen) atoms. The Labute approximate surface area is 198 Å². The van der Waals surface area contributed by atoms with Crippen LogP contribution in [0.5, 0.6) is 0 Å². The highest BCUT2D eigenvalue weighted by atomic mass is 32.1. The van der Waals surface area contributed by atoms with Gasteiger partial charge >= 0.3 is 0 Å². The van der Waals surface area contributed by atoms with E-state index in [0.717, 1.165) is 34.0 Å². The molecule has 1 N–H and O–H groups in total. The van der Waals surface area contributed by atoms with Gasteiger partial charge in [0.25, 0.3) is 0 Å². The number of hydrogen-bond acceptors (Lipinski definition) is 2. The van der Waals surface area contributed by atoms with Crippen molar-refractivity contribution >= 4 is 23.0 Å². The fourth-order valence-corrected chi connectivity index (χ4v) is 5.07. The summed E-state index contributed by atoms with van der Waals surface area (Å²) < 4.78 is 16.0. The molecule has 2 aromatic heterocycles. The van der Waals surface area contributed by atoms with Crippen LogP contribution in [0.4, 0.5) is 10.1 Å². The average molecular weight is 457 g/mol. The van der Waals surface area contributed by atoms with Crippen LogP contribution in [0.2, 0.25) is 0 Å². The number of aromatic nitrogens is 2. The molecule has 0 spiro atoms. The van der Waals surface area contributed by atoms with Gasteiger partial charge in [-0.05, 0) is 93.1 Å². The summed E-state index contributed by atoms with van der Waals surface area (Å²) in [5, 5.41) is 4.08. The second kappa shape index (κ2) is 8.45. The van der Waals surface area contributed by atoms with E-state index in [1.807, 2.05) is 18.2 Å². The maximum Gasteiger partial charge on any atom is 0.174 e. The van der Waals surface area contributed by atoms with Crippen molar-refractivity contribution in [3.63, 3.8) is 0 Å². The average Bonchev–Trinajstić information content (AvgIpc) is 3.31. The van der Waals surface area contributed by atoms with E-state index in [1.165, 1.54) is 17.7 Å². The molecule has 3 heterocycles. The minimum absolute atomic E-state index is 0.136. The fourth-order valence-electron chi connectivity index (χ4n) is 4.73. The summed E-state index contributed by atoms with van der Waals surface area (Å²) in [5.74, 6) is -0.271. The van der Waals surface area contributed by atoms with Crippen molar-refractivity contribution in [2.24, 2.45) is 0 Å². The molecule has 5 rings (SSSR count). The Kier molecular flexibility index (Phi) is 5.46. The van der Waals surface area contributed by atoms with E-state index in [-0.39, 0.29) is 17.9 Å². The minimum atomic E-state index is -0.271. The Balaban J connectivity index is 1.67. The summed E-state index contributed by atoms with van der Waals surface area (Å²) in [6, 6.07) is 22.9. The monoisotopic (exact) mass is 456 g/mol.